The molecule has 1 aliphatic rings. The van der Waals surface area contributed by atoms with E-state index in [1.54, 1.807) is 54.4 Å². The van der Waals surface area contributed by atoms with E-state index in [0.717, 1.165) is 52.9 Å². The zero-order valence-corrected chi connectivity index (χ0v) is 32.6. The summed E-state index contributed by atoms with van der Waals surface area (Å²) in [5.74, 6) is 1.87. The number of hydrogen-bond acceptors (Lipinski definition) is 10. The van der Waals surface area contributed by atoms with Crippen molar-refractivity contribution in [3.05, 3.63) is 139 Å². The maximum atomic E-state index is 13.6. The van der Waals surface area contributed by atoms with E-state index in [2.05, 4.69) is 36.1 Å². The summed E-state index contributed by atoms with van der Waals surface area (Å²) in [5.41, 5.74) is 5.15. The standard InChI is InChI=1S/C45H43N9O5/c1-30-12-15-33(16-13-30)54-41(29-37(52-54)31-8-4-3-5-9-31)50-45(56)49-36-17-19-39(35-11-7-6-10-34(35)36)59-42-20-21-47-44(51-42)48-38-28-32(14-18-40(38)57-2)43(55)46-22-23-53-24-26-58-27-25-53/h3-21,28-29H,22-27H2,1-2H3,(H,46,55)(H,47,48,51)(H2,49,50,56). The van der Waals surface area contributed by atoms with Crippen LogP contribution in [0.5, 0.6) is 17.4 Å². The molecule has 0 saturated carbocycles. The van der Waals surface area contributed by atoms with Crippen LogP contribution in [0.1, 0.15) is 15.9 Å². The number of fused-ring (bicyclic) bond motifs is 1. The summed E-state index contributed by atoms with van der Waals surface area (Å²) < 4.78 is 19.0. The molecule has 3 amide bonds. The van der Waals surface area contributed by atoms with Crippen LogP contribution in [0.25, 0.3) is 27.7 Å². The van der Waals surface area contributed by atoms with E-state index in [4.69, 9.17) is 19.3 Å². The average molecular weight is 790 g/mol. The first-order valence-electron chi connectivity index (χ1n) is 19.3. The second-order valence-electron chi connectivity index (χ2n) is 13.8. The molecule has 1 fully saturated rings. The number of carbonyl (C=O) groups excluding carboxylic acids is 2. The van der Waals surface area contributed by atoms with E-state index in [9.17, 15) is 9.59 Å². The largest absolute Gasteiger partial charge is 0.495 e. The minimum atomic E-state index is -0.437. The highest BCUT2D eigenvalue weighted by Crippen LogP contribution is 2.35. The molecular weight excluding hydrogens is 747 g/mol. The Morgan fingerprint density at radius 1 is 0.797 bits per heavy atom. The number of anilines is 4. The van der Waals surface area contributed by atoms with Gasteiger partial charge in [-0.05, 0) is 49.4 Å². The van der Waals surface area contributed by atoms with Crippen molar-refractivity contribution in [3.63, 3.8) is 0 Å². The Labute approximate surface area is 341 Å². The van der Waals surface area contributed by atoms with Crippen LogP contribution in [-0.4, -0.2) is 83.1 Å². The molecule has 0 aliphatic carbocycles. The third-order valence-corrected chi connectivity index (χ3v) is 9.80. The van der Waals surface area contributed by atoms with Gasteiger partial charge in [-0.1, -0.05) is 72.3 Å². The number of aryl methyl sites for hydroxylation is 1. The fourth-order valence-electron chi connectivity index (χ4n) is 6.74. The van der Waals surface area contributed by atoms with Gasteiger partial charge < -0.3 is 30.2 Å². The Morgan fingerprint density at radius 2 is 1.56 bits per heavy atom. The predicted molar refractivity (Wildman–Crippen MR) is 228 cm³/mol. The van der Waals surface area contributed by atoms with E-state index in [1.807, 2.05) is 91.9 Å². The Bertz CT molecular complexity index is 2570. The number of morpholine rings is 1. The number of aromatic nitrogens is 4. The summed E-state index contributed by atoms with van der Waals surface area (Å²) in [6.45, 7) is 6.41. The van der Waals surface area contributed by atoms with Crippen molar-refractivity contribution in [2.75, 3.05) is 62.5 Å². The fourth-order valence-corrected chi connectivity index (χ4v) is 6.74. The first kappa shape index (κ1) is 38.6. The van der Waals surface area contributed by atoms with Crippen LogP contribution in [0.3, 0.4) is 0 Å². The van der Waals surface area contributed by atoms with E-state index in [-0.39, 0.29) is 17.7 Å². The van der Waals surface area contributed by atoms with Crippen molar-refractivity contribution >= 4 is 45.9 Å². The van der Waals surface area contributed by atoms with Gasteiger partial charge in [0.15, 0.2) is 0 Å². The van der Waals surface area contributed by atoms with Crippen molar-refractivity contribution in [2.24, 2.45) is 0 Å². The van der Waals surface area contributed by atoms with Crippen molar-refractivity contribution < 1.29 is 23.8 Å². The summed E-state index contributed by atoms with van der Waals surface area (Å²) in [6, 6.07) is 37.1. The average Bonchev–Trinajstić information content (AvgIpc) is 3.69. The van der Waals surface area contributed by atoms with Crippen LogP contribution in [0.4, 0.5) is 27.9 Å². The molecule has 1 saturated heterocycles. The minimum absolute atomic E-state index is 0.199. The molecule has 1 aliphatic heterocycles. The van der Waals surface area contributed by atoms with Gasteiger partial charge in [-0.2, -0.15) is 10.1 Å². The Kier molecular flexibility index (Phi) is 11.7. The topological polar surface area (TPSA) is 157 Å². The second-order valence-corrected chi connectivity index (χ2v) is 13.8. The van der Waals surface area contributed by atoms with Crippen LogP contribution in [0, 0.1) is 6.92 Å². The molecule has 8 rings (SSSR count). The molecule has 3 heterocycles. The number of benzene rings is 5. The number of carbonyl (C=O) groups is 2. The van der Waals surface area contributed by atoms with Gasteiger partial charge in [0, 0.05) is 66.4 Å². The number of amides is 3. The number of urea groups is 1. The van der Waals surface area contributed by atoms with Gasteiger partial charge in [-0.25, -0.2) is 14.5 Å². The quantitative estimate of drug-likeness (QED) is 0.0902. The molecule has 2 aromatic heterocycles. The van der Waals surface area contributed by atoms with Gasteiger partial charge >= 0.3 is 6.03 Å². The maximum absolute atomic E-state index is 13.6. The Hall–Kier alpha value is -7.29. The van der Waals surface area contributed by atoms with Crippen LogP contribution in [0.15, 0.2) is 128 Å². The highest BCUT2D eigenvalue weighted by Gasteiger charge is 2.18. The van der Waals surface area contributed by atoms with Crippen molar-refractivity contribution in [1.82, 2.24) is 30.0 Å². The zero-order chi connectivity index (χ0) is 40.6. The number of hydrogen-bond donors (Lipinski definition) is 4. The second kappa shape index (κ2) is 17.9. The molecular formula is C45H43N9O5. The monoisotopic (exact) mass is 789 g/mol. The number of nitrogens with zero attached hydrogens (tertiary/aromatic N) is 5. The molecule has 14 nitrogen and oxygen atoms in total. The van der Waals surface area contributed by atoms with Gasteiger partial charge in [0.2, 0.25) is 11.8 Å². The molecule has 0 spiro atoms. The summed E-state index contributed by atoms with van der Waals surface area (Å²) >= 11 is 0. The third kappa shape index (κ3) is 9.31. The van der Waals surface area contributed by atoms with E-state index in [0.29, 0.717) is 54.0 Å². The van der Waals surface area contributed by atoms with E-state index < -0.39 is 6.03 Å². The summed E-state index contributed by atoms with van der Waals surface area (Å²) in [7, 11) is 1.55. The summed E-state index contributed by atoms with van der Waals surface area (Å²) in [6.07, 6.45) is 1.58. The minimum Gasteiger partial charge on any atom is -0.495 e. The molecule has 0 radical (unpaired) electrons. The molecule has 7 aromatic rings. The van der Waals surface area contributed by atoms with Crippen molar-refractivity contribution in [1.29, 1.82) is 0 Å². The lowest BCUT2D eigenvalue weighted by Crippen LogP contribution is -2.41. The van der Waals surface area contributed by atoms with E-state index in [1.165, 1.54) is 0 Å². The molecule has 5 aromatic carbocycles. The summed E-state index contributed by atoms with van der Waals surface area (Å²) in [4.78, 5) is 37.9. The van der Waals surface area contributed by atoms with Gasteiger partial charge in [0.25, 0.3) is 5.91 Å². The van der Waals surface area contributed by atoms with Crippen LogP contribution < -0.4 is 30.7 Å². The molecule has 0 atom stereocenters. The third-order valence-electron chi connectivity index (χ3n) is 9.80. The number of rotatable bonds is 13. The lowest BCUT2D eigenvalue weighted by atomic mass is 10.1. The number of methoxy groups -OCH3 is 1. The van der Waals surface area contributed by atoms with Gasteiger partial charge in [0.05, 0.1) is 43.1 Å². The normalized spacial score (nSPS) is 12.8. The molecule has 4 N–H and O–H groups in total. The number of ether oxygens (including phenoxy) is 3. The molecule has 59 heavy (non-hydrogen) atoms. The lowest BCUT2D eigenvalue weighted by Gasteiger charge is -2.26. The molecule has 14 heteroatoms. The van der Waals surface area contributed by atoms with Crippen molar-refractivity contribution in [2.45, 2.75) is 6.92 Å². The Morgan fingerprint density at radius 3 is 2.36 bits per heavy atom. The van der Waals surface area contributed by atoms with Gasteiger partial charge in [0.1, 0.15) is 17.3 Å². The zero-order valence-electron chi connectivity index (χ0n) is 32.6. The first-order valence-corrected chi connectivity index (χ1v) is 19.3. The SMILES string of the molecule is COc1ccc(C(=O)NCCN2CCOCC2)cc1Nc1nccc(Oc2ccc(NC(=O)Nc3cc(-c4ccccc4)nn3-c3ccc(C)cc3)c3ccccc23)n1. The molecule has 0 bridgehead atoms. The first-order chi connectivity index (χ1) is 28.9. The van der Waals surface area contributed by atoms with Crippen molar-refractivity contribution in [3.8, 4) is 34.3 Å². The van der Waals surface area contributed by atoms with Gasteiger partial charge in [-0.15, -0.1) is 0 Å². The van der Waals surface area contributed by atoms with Crippen LogP contribution >= 0.6 is 0 Å². The number of nitrogens with one attached hydrogen (secondary N) is 4. The van der Waals surface area contributed by atoms with Crippen LogP contribution in [-0.2, 0) is 4.74 Å². The van der Waals surface area contributed by atoms with Crippen LogP contribution in [0.2, 0.25) is 0 Å². The molecule has 298 valence electrons. The van der Waals surface area contributed by atoms with Gasteiger partial charge in [-0.3, -0.25) is 15.0 Å². The predicted octanol–water partition coefficient (Wildman–Crippen LogP) is 8.04. The maximum Gasteiger partial charge on any atom is 0.324 e. The fraction of sp³-hybridized carbons (Fsp3) is 0.178. The smallest absolute Gasteiger partial charge is 0.324 e. The molecule has 0 unspecified atom stereocenters. The lowest BCUT2D eigenvalue weighted by molar-refractivity contribution is 0.0383. The highest BCUT2D eigenvalue weighted by molar-refractivity contribution is 6.07. The van der Waals surface area contributed by atoms with E-state index >= 15 is 0 Å². The summed E-state index contributed by atoms with van der Waals surface area (Å²) in [5, 5.41) is 18.5. The highest BCUT2D eigenvalue weighted by atomic mass is 16.5. The Balaban J connectivity index is 0.968.